The van der Waals surface area contributed by atoms with Crippen LogP contribution >= 0.6 is 8.53 Å². The van der Waals surface area contributed by atoms with Crippen molar-refractivity contribution >= 4 is 14.5 Å². The molecule has 29 heavy (non-hydrogen) atoms. The molecule has 0 aliphatic rings. The molecule has 0 aliphatic carbocycles. The average Bonchev–Trinajstić information content (AvgIpc) is 2.68. The van der Waals surface area contributed by atoms with Crippen LogP contribution in [0.2, 0.25) is 0 Å². The average molecular weight is 437 g/mol. The van der Waals surface area contributed by atoms with Gasteiger partial charge in [-0.3, -0.25) is 4.79 Å². The van der Waals surface area contributed by atoms with Crippen molar-refractivity contribution in [1.29, 1.82) is 0 Å². The van der Waals surface area contributed by atoms with E-state index in [0.717, 1.165) is 0 Å². The highest BCUT2D eigenvalue weighted by Gasteiger charge is 2.32. The molecule has 0 bridgehead atoms. The highest BCUT2D eigenvalue weighted by atomic mass is 31.2. The van der Waals surface area contributed by atoms with Crippen molar-refractivity contribution < 1.29 is 40.5 Å². The van der Waals surface area contributed by atoms with Crippen molar-refractivity contribution in [3.63, 3.8) is 0 Å². The van der Waals surface area contributed by atoms with Crippen LogP contribution in [0.4, 0.5) is 22.0 Å². The maximum Gasteiger partial charge on any atom is 0.382 e. The Kier molecular flexibility index (Phi) is 7.75. The fourth-order valence-electron chi connectivity index (χ4n) is 1.94. The number of halogens is 5. The first kappa shape index (κ1) is 22.8. The van der Waals surface area contributed by atoms with Crippen LogP contribution in [-0.2, 0) is 9.53 Å². The number of ether oxygens (including phenoxy) is 1. The van der Waals surface area contributed by atoms with Gasteiger partial charge in [0.15, 0.2) is 0 Å². The lowest BCUT2D eigenvalue weighted by atomic mass is 10.3. The van der Waals surface area contributed by atoms with Crippen LogP contribution in [0.3, 0.4) is 0 Å². The Bertz CT molecular complexity index is 840. The molecular weight excluding hydrogens is 420 g/mol. The Morgan fingerprint density at radius 3 is 1.90 bits per heavy atom. The van der Waals surface area contributed by atoms with Crippen molar-refractivity contribution in [2.45, 2.75) is 32.9 Å². The first-order valence-corrected chi connectivity index (χ1v) is 9.48. The van der Waals surface area contributed by atoms with E-state index in [1.54, 1.807) is 32.0 Å². The Balaban J connectivity index is 2.32. The fraction of sp³-hybridized carbons (Fsp3) is 0.278. The smallest absolute Gasteiger partial charge is 0.382 e. The van der Waals surface area contributed by atoms with Crippen LogP contribution in [0, 0.1) is 29.1 Å². The van der Waals surface area contributed by atoms with Crippen molar-refractivity contribution in [1.82, 2.24) is 5.09 Å². The monoisotopic (exact) mass is 437 g/mol. The van der Waals surface area contributed by atoms with E-state index in [9.17, 15) is 26.7 Å². The zero-order chi connectivity index (χ0) is 21.7. The van der Waals surface area contributed by atoms with Crippen molar-refractivity contribution in [3.05, 3.63) is 59.4 Å². The van der Waals surface area contributed by atoms with Gasteiger partial charge < -0.3 is 13.8 Å². The van der Waals surface area contributed by atoms with Gasteiger partial charge in [0.05, 0.1) is 6.10 Å². The number of esters is 1. The van der Waals surface area contributed by atoms with Crippen LogP contribution in [0.25, 0.3) is 0 Å². The van der Waals surface area contributed by atoms with Gasteiger partial charge in [0.1, 0.15) is 11.8 Å². The standard InChI is InChI=1S/C18H17F5NO4P/c1-9(2)26-18(25)10(3)24-29(27-11-7-5-4-6-8-11)28-17-15(22)13(20)12(19)14(21)16(17)23/h4-10,24H,1-3H3/t10-,29+/m0/s1. The molecule has 0 saturated heterocycles. The fourth-order valence-corrected chi connectivity index (χ4v) is 3.15. The molecule has 0 unspecified atom stereocenters. The molecule has 11 heteroatoms. The lowest BCUT2D eigenvalue weighted by molar-refractivity contribution is -0.149. The summed E-state index contributed by atoms with van der Waals surface area (Å²) < 4.78 is 83.4. The Labute approximate surface area is 164 Å². The van der Waals surface area contributed by atoms with Gasteiger partial charge in [0.2, 0.25) is 34.8 Å². The summed E-state index contributed by atoms with van der Waals surface area (Å²) in [7, 11) is -2.56. The summed E-state index contributed by atoms with van der Waals surface area (Å²) >= 11 is 0. The van der Waals surface area contributed by atoms with Crippen LogP contribution < -0.4 is 14.1 Å². The molecule has 2 aromatic rings. The summed E-state index contributed by atoms with van der Waals surface area (Å²) in [5, 5.41) is 2.50. The summed E-state index contributed by atoms with van der Waals surface area (Å²) in [6.45, 7) is 4.58. The number of hydrogen-bond acceptors (Lipinski definition) is 5. The predicted molar refractivity (Wildman–Crippen MR) is 94.7 cm³/mol. The highest BCUT2D eigenvalue weighted by molar-refractivity contribution is 7.45. The first-order chi connectivity index (χ1) is 13.6. The minimum atomic E-state index is -2.56. The van der Waals surface area contributed by atoms with Gasteiger partial charge in [-0.2, -0.15) is 8.78 Å². The van der Waals surface area contributed by atoms with Crippen LogP contribution in [-0.4, -0.2) is 18.1 Å². The number of rotatable bonds is 8. The Morgan fingerprint density at radius 1 is 0.862 bits per heavy atom. The van der Waals surface area contributed by atoms with Gasteiger partial charge in [-0.1, -0.05) is 18.2 Å². The molecule has 2 rings (SSSR count). The minimum absolute atomic E-state index is 0.166. The topological polar surface area (TPSA) is 56.8 Å². The van der Waals surface area contributed by atoms with Crippen molar-refractivity contribution in [3.8, 4) is 11.5 Å². The molecule has 0 aliphatic heterocycles. The van der Waals surface area contributed by atoms with E-state index >= 15 is 0 Å². The summed E-state index contributed by atoms with van der Waals surface area (Å²) in [5.41, 5.74) is 0. The summed E-state index contributed by atoms with van der Waals surface area (Å²) in [4.78, 5) is 12.0. The Morgan fingerprint density at radius 2 is 1.38 bits per heavy atom. The molecule has 0 amide bonds. The van der Waals surface area contributed by atoms with E-state index in [4.69, 9.17) is 13.8 Å². The third-order valence-corrected chi connectivity index (χ3v) is 4.60. The zero-order valence-corrected chi connectivity index (χ0v) is 16.4. The molecule has 2 atom stereocenters. The van der Waals surface area contributed by atoms with Gasteiger partial charge in [0, 0.05) is 0 Å². The second-order valence-electron chi connectivity index (χ2n) is 5.99. The largest absolute Gasteiger partial charge is 0.462 e. The molecule has 0 aromatic heterocycles. The van der Waals surface area contributed by atoms with Gasteiger partial charge in [-0.15, -0.1) is 0 Å². The maximum atomic E-state index is 14.0. The number of carbonyl (C=O) groups excluding carboxylic acids is 1. The van der Waals surface area contributed by atoms with Crippen LogP contribution in [0.15, 0.2) is 30.3 Å². The maximum absolute atomic E-state index is 14.0. The summed E-state index contributed by atoms with van der Waals surface area (Å²) in [6, 6.07) is 6.69. The van der Waals surface area contributed by atoms with Gasteiger partial charge in [-0.05, 0) is 32.9 Å². The molecule has 2 aromatic carbocycles. The molecular formula is C18H17F5NO4P. The molecule has 1 N–H and O–H groups in total. The predicted octanol–water partition coefficient (Wildman–Crippen LogP) is 5.00. The number of hydrogen-bond donors (Lipinski definition) is 1. The van der Waals surface area contributed by atoms with E-state index in [2.05, 4.69) is 5.09 Å². The van der Waals surface area contributed by atoms with E-state index in [-0.39, 0.29) is 5.75 Å². The summed E-state index contributed by atoms with van der Waals surface area (Å²) in [6.07, 6.45) is -0.441. The minimum Gasteiger partial charge on any atom is -0.462 e. The normalized spacial score (nSPS) is 13.1. The highest BCUT2D eigenvalue weighted by Crippen LogP contribution is 2.41. The van der Waals surface area contributed by atoms with Crippen LogP contribution in [0.1, 0.15) is 20.8 Å². The van der Waals surface area contributed by atoms with E-state index in [0.29, 0.717) is 0 Å². The zero-order valence-electron chi connectivity index (χ0n) is 15.5. The quantitative estimate of drug-likeness (QED) is 0.207. The third kappa shape index (κ3) is 5.77. The van der Waals surface area contributed by atoms with E-state index in [1.807, 2.05) is 0 Å². The van der Waals surface area contributed by atoms with Crippen molar-refractivity contribution in [2.75, 3.05) is 0 Å². The second kappa shape index (κ2) is 9.84. The third-order valence-electron chi connectivity index (χ3n) is 3.28. The molecule has 0 fully saturated rings. The number of para-hydroxylation sites is 1. The molecule has 0 spiro atoms. The lowest BCUT2D eigenvalue weighted by Crippen LogP contribution is -2.35. The molecule has 0 radical (unpaired) electrons. The number of carbonyl (C=O) groups is 1. The molecule has 5 nitrogen and oxygen atoms in total. The van der Waals surface area contributed by atoms with Crippen LogP contribution in [0.5, 0.6) is 11.5 Å². The van der Waals surface area contributed by atoms with Gasteiger partial charge >= 0.3 is 14.5 Å². The lowest BCUT2D eigenvalue weighted by Gasteiger charge is -2.23. The number of nitrogens with one attached hydrogen (secondary N) is 1. The summed E-state index contributed by atoms with van der Waals surface area (Å²) in [5.74, 6) is -13.1. The van der Waals surface area contributed by atoms with Gasteiger partial charge in [0.25, 0.3) is 0 Å². The van der Waals surface area contributed by atoms with E-state index in [1.165, 1.54) is 19.1 Å². The Hall–Kier alpha value is -2.45. The molecule has 0 saturated carbocycles. The number of benzene rings is 2. The van der Waals surface area contributed by atoms with E-state index < -0.39 is 61.5 Å². The molecule has 158 valence electrons. The second-order valence-corrected chi connectivity index (χ2v) is 7.13. The van der Waals surface area contributed by atoms with Crippen molar-refractivity contribution in [2.24, 2.45) is 0 Å². The first-order valence-electron chi connectivity index (χ1n) is 8.31. The SMILES string of the molecule is CC(C)OC(=O)[C@H](C)N[P@](Oc1ccccc1)Oc1c(F)c(F)c(F)c(F)c1F. The molecule has 0 heterocycles. The van der Waals surface area contributed by atoms with Gasteiger partial charge in [-0.25, -0.2) is 18.3 Å².